The van der Waals surface area contributed by atoms with E-state index >= 15 is 0 Å². The highest BCUT2D eigenvalue weighted by molar-refractivity contribution is 7.71. The molecule has 88 valence electrons. The third-order valence-corrected chi connectivity index (χ3v) is 3.23. The summed E-state index contributed by atoms with van der Waals surface area (Å²) in [6, 6.07) is 7.09. The molecular formula is C12H12FN3S. The summed E-state index contributed by atoms with van der Waals surface area (Å²) in [5.74, 6) is 0.678. The molecule has 1 aromatic heterocycles. The fourth-order valence-electron chi connectivity index (χ4n) is 2.00. The first-order valence-corrected chi connectivity index (χ1v) is 6.05. The smallest absolute Gasteiger partial charge is 0.195 e. The Bertz CT molecular complexity index is 598. The van der Waals surface area contributed by atoms with Gasteiger partial charge in [0.15, 0.2) is 4.77 Å². The number of benzene rings is 1. The summed E-state index contributed by atoms with van der Waals surface area (Å²) < 4.78 is 15.8. The quantitative estimate of drug-likeness (QED) is 0.848. The van der Waals surface area contributed by atoms with Crippen LogP contribution in [0, 0.1) is 10.6 Å². The monoisotopic (exact) mass is 249 g/mol. The minimum atomic E-state index is -0.213. The van der Waals surface area contributed by atoms with Crippen molar-refractivity contribution in [3.8, 4) is 0 Å². The highest BCUT2D eigenvalue weighted by atomic mass is 32.1. The molecule has 5 heteroatoms. The summed E-state index contributed by atoms with van der Waals surface area (Å²) >= 11 is 5.20. The van der Waals surface area contributed by atoms with Gasteiger partial charge in [0.05, 0.1) is 0 Å². The van der Waals surface area contributed by atoms with Gasteiger partial charge >= 0.3 is 0 Å². The molecule has 17 heavy (non-hydrogen) atoms. The van der Waals surface area contributed by atoms with Gasteiger partial charge in [0, 0.05) is 12.5 Å². The first-order chi connectivity index (χ1) is 8.24. The molecule has 0 spiro atoms. The predicted octanol–water partition coefficient (Wildman–Crippen LogP) is 3.01. The Hall–Kier alpha value is -1.49. The van der Waals surface area contributed by atoms with E-state index in [4.69, 9.17) is 12.2 Å². The number of rotatable bonds is 3. The van der Waals surface area contributed by atoms with Crippen LogP contribution in [0.1, 0.15) is 30.3 Å². The van der Waals surface area contributed by atoms with Crippen LogP contribution in [0.3, 0.4) is 0 Å². The van der Waals surface area contributed by atoms with Crippen molar-refractivity contribution in [2.24, 2.45) is 0 Å². The zero-order valence-electron chi connectivity index (χ0n) is 9.19. The molecule has 0 saturated heterocycles. The predicted molar refractivity (Wildman–Crippen MR) is 64.9 cm³/mol. The zero-order valence-corrected chi connectivity index (χ0v) is 10.0. The molecule has 0 aliphatic heterocycles. The largest absolute Gasteiger partial charge is 0.301 e. The summed E-state index contributed by atoms with van der Waals surface area (Å²) in [5.41, 5.74) is 0.918. The minimum Gasteiger partial charge on any atom is -0.301 e. The topological polar surface area (TPSA) is 33.6 Å². The summed E-state index contributed by atoms with van der Waals surface area (Å²) in [5, 5.41) is 7.04. The Morgan fingerprint density at radius 3 is 3.00 bits per heavy atom. The van der Waals surface area contributed by atoms with Crippen molar-refractivity contribution in [1.29, 1.82) is 0 Å². The van der Waals surface area contributed by atoms with Crippen molar-refractivity contribution in [3.63, 3.8) is 0 Å². The number of H-pyrrole nitrogens is 1. The fraction of sp³-hybridized carbons (Fsp3) is 0.333. The molecule has 0 bridgehead atoms. The van der Waals surface area contributed by atoms with Crippen LogP contribution in [-0.2, 0) is 6.42 Å². The van der Waals surface area contributed by atoms with Crippen LogP contribution < -0.4 is 0 Å². The fourth-order valence-corrected chi connectivity index (χ4v) is 2.30. The van der Waals surface area contributed by atoms with Crippen LogP contribution in [0.4, 0.5) is 4.39 Å². The van der Waals surface area contributed by atoms with Gasteiger partial charge in [0.2, 0.25) is 0 Å². The van der Waals surface area contributed by atoms with Crippen molar-refractivity contribution in [3.05, 3.63) is 46.2 Å². The Balaban J connectivity index is 1.92. The number of halogens is 1. The molecule has 1 aliphatic carbocycles. The molecule has 1 N–H and O–H groups in total. The van der Waals surface area contributed by atoms with Gasteiger partial charge in [-0.1, -0.05) is 12.1 Å². The molecule has 0 unspecified atom stereocenters. The van der Waals surface area contributed by atoms with Crippen molar-refractivity contribution in [1.82, 2.24) is 14.8 Å². The first kappa shape index (κ1) is 10.7. The van der Waals surface area contributed by atoms with Crippen molar-refractivity contribution in [2.45, 2.75) is 25.3 Å². The third-order valence-electron chi connectivity index (χ3n) is 2.94. The van der Waals surface area contributed by atoms with Crippen molar-refractivity contribution in [2.75, 3.05) is 0 Å². The minimum absolute atomic E-state index is 0.213. The lowest BCUT2D eigenvalue weighted by Gasteiger charge is -2.04. The molecular weight excluding hydrogens is 237 g/mol. The van der Waals surface area contributed by atoms with Crippen molar-refractivity contribution >= 4 is 12.2 Å². The van der Waals surface area contributed by atoms with Crippen LogP contribution in [-0.4, -0.2) is 14.8 Å². The Morgan fingerprint density at radius 1 is 1.47 bits per heavy atom. The average molecular weight is 249 g/mol. The number of hydrogen-bond acceptors (Lipinski definition) is 2. The molecule has 1 saturated carbocycles. The molecule has 1 fully saturated rings. The number of nitrogens with zero attached hydrogens (tertiary/aromatic N) is 2. The molecule has 0 amide bonds. The van der Waals surface area contributed by atoms with Gasteiger partial charge in [0.1, 0.15) is 11.6 Å². The molecule has 0 radical (unpaired) electrons. The molecule has 1 aliphatic rings. The van der Waals surface area contributed by atoms with Gasteiger partial charge in [-0.15, -0.1) is 0 Å². The Morgan fingerprint density at radius 2 is 2.29 bits per heavy atom. The molecule has 1 aromatic carbocycles. The second-order valence-corrected chi connectivity index (χ2v) is 4.74. The van der Waals surface area contributed by atoms with E-state index in [1.165, 1.54) is 12.1 Å². The summed E-state index contributed by atoms with van der Waals surface area (Å²) in [7, 11) is 0. The maximum atomic E-state index is 13.1. The average Bonchev–Trinajstić information content (AvgIpc) is 3.05. The van der Waals surface area contributed by atoms with Crippen LogP contribution in [0.2, 0.25) is 0 Å². The van der Waals surface area contributed by atoms with E-state index in [0.717, 1.165) is 24.2 Å². The Labute approximate surface area is 103 Å². The highest BCUT2D eigenvalue weighted by Crippen LogP contribution is 2.36. The van der Waals surface area contributed by atoms with Crippen LogP contribution in [0.15, 0.2) is 24.3 Å². The number of nitrogens with one attached hydrogen (secondary N) is 1. The Kier molecular flexibility index (Phi) is 2.55. The normalized spacial score (nSPS) is 15.1. The summed E-state index contributed by atoms with van der Waals surface area (Å²) in [6.45, 7) is 0. The molecule has 0 atom stereocenters. The third kappa shape index (κ3) is 2.15. The van der Waals surface area contributed by atoms with Crippen LogP contribution >= 0.6 is 12.2 Å². The lowest BCUT2D eigenvalue weighted by molar-refractivity contribution is 0.624. The van der Waals surface area contributed by atoms with Gasteiger partial charge in [0.25, 0.3) is 0 Å². The van der Waals surface area contributed by atoms with E-state index in [0.29, 0.717) is 17.2 Å². The lowest BCUT2D eigenvalue weighted by atomic mass is 10.1. The zero-order chi connectivity index (χ0) is 11.8. The number of hydrogen-bond donors (Lipinski definition) is 1. The first-order valence-electron chi connectivity index (χ1n) is 5.64. The van der Waals surface area contributed by atoms with E-state index in [9.17, 15) is 4.39 Å². The second-order valence-electron chi connectivity index (χ2n) is 4.35. The SMILES string of the molecule is Fc1cccc(Cc2n[nH]c(=S)n2C2CC2)c1. The van der Waals surface area contributed by atoms with E-state index in [1.54, 1.807) is 6.07 Å². The van der Waals surface area contributed by atoms with Gasteiger partial charge in [-0.3, -0.25) is 5.10 Å². The summed E-state index contributed by atoms with van der Waals surface area (Å²) in [6.07, 6.45) is 2.93. The van der Waals surface area contributed by atoms with E-state index in [2.05, 4.69) is 14.8 Å². The molecule has 1 heterocycles. The van der Waals surface area contributed by atoms with Crippen LogP contribution in [0.5, 0.6) is 0 Å². The highest BCUT2D eigenvalue weighted by Gasteiger charge is 2.27. The van der Waals surface area contributed by atoms with E-state index < -0.39 is 0 Å². The number of aromatic nitrogens is 3. The standard InChI is InChI=1S/C12H12FN3S/c13-9-3-1-2-8(6-9)7-11-14-15-12(17)16(11)10-4-5-10/h1-3,6,10H,4-5,7H2,(H,15,17). The lowest BCUT2D eigenvalue weighted by Crippen LogP contribution is -2.02. The molecule has 3 rings (SSSR count). The molecule has 2 aromatic rings. The van der Waals surface area contributed by atoms with Gasteiger partial charge in [-0.25, -0.2) is 4.39 Å². The molecule has 3 nitrogen and oxygen atoms in total. The maximum absolute atomic E-state index is 13.1. The van der Waals surface area contributed by atoms with Gasteiger partial charge in [-0.2, -0.15) is 5.10 Å². The van der Waals surface area contributed by atoms with Crippen LogP contribution in [0.25, 0.3) is 0 Å². The second kappa shape index (κ2) is 4.07. The van der Waals surface area contributed by atoms with Crippen molar-refractivity contribution < 1.29 is 4.39 Å². The van der Waals surface area contributed by atoms with Gasteiger partial charge < -0.3 is 4.57 Å². The number of aromatic amines is 1. The van der Waals surface area contributed by atoms with E-state index in [1.807, 2.05) is 6.07 Å². The summed E-state index contributed by atoms with van der Waals surface area (Å²) in [4.78, 5) is 0. The maximum Gasteiger partial charge on any atom is 0.195 e. The van der Waals surface area contributed by atoms with Gasteiger partial charge in [-0.05, 0) is 42.8 Å². The van der Waals surface area contributed by atoms with E-state index in [-0.39, 0.29) is 5.82 Å².